The van der Waals surface area contributed by atoms with Crippen LogP contribution in [-0.4, -0.2) is 17.4 Å². The van der Waals surface area contributed by atoms with Gasteiger partial charge in [-0.25, -0.2) is 0 Å². The number of aromatic amines is 1. The van der Waals surface area contributed by atoms with Crippen LogP contribution in [0.1, 0.15) is 43.3 Å². The summed E-state index contributed by atoms with van der Waals surface area (Å²) < 4.78 is 0. The minimum Gasteiger partial charge on any atom is -0.353 e. The van der Waals surface area contributed by atoms with E-state index in [9.17, 15) is 0 Å². The molecule has 3 nitrogen and oxygen atoms in total. The van der Waals surface area contributed by atoms with Gasteiger partial charge in [0.25, 0.3) is 0 Å². The molecular formula is C23H25N3. The zero-order valence-electron chi connectivity index (χ0n) is 15.8. The molecule has 0 saturated heterocycles. The van der Waals surface area contributed by atoms with Crippen molar-refractivity contribution >= 4 is 23.8 Å². The summed E-state index contributed by atoms with van der Waals surface area (Å²) in [7, 11) is 0. The first-order valence-electron chi connectivity index (χ1n) is 8.86. The lowest BCUT2D eigenvalue weighted by atomic mass is 9.86. The Morgan fingerprint density at radius 2 is 1.27 bits per heavy atom. The van der Waals surface area contributed by atoms with Gasteiger partial charge in [-0.05, 0) is 47.7 Å². The minimum atomic E-state index is 0.0645. The Bertz CT molecular complexity index is 940. The van der Waals surface area contributed by atoms with Gasteiger partial charge in [-0.3, -0.25) is 9.98 Å². The van der Waals surface area contributed by atoms with Crippen LogP contribution in [0.2, 0.25) is 0 Å². The Kier molecular flexibility index (Phi) is 5.17. The van der Waals surface area contributed by atoms with Gasteiger partial charge in [0, 0.05) is 0 Å². The van der Waals surface area contributed by atoms with Gasteiger partial charge in [0.05, 0.1) is 35.2 Å². The lowest BCUT2D eigenvalue weighted by Gasteiger charge is -2.20. The van der Waals surface area contributed by atoms with E-state index in [1.807, 2.05) is 48.8 Å². The molecule has 2 aromatic carbocycles. The van der Waals surface area contributed by atoms with E-state index < -0.39 is 0 Å². The van der Waals surface area contributed by atoms with Gasteiger partial charge in [-0.15, -0.1) is 0 Å². The fourth-order valence-electron chi connectivity index (χ4n) is 2.79. The fourth-order valence-corrected chi connectivity index (χ4v) is 2.79. The third-order valence-corrected chi connectivity index (χ3v) is 4.24. The van der Waals surface area contributed by atoms with Crippen molar-refractivity contribution in [1.29, 1.82) is 0 Å². The highest BCUT2D eigenvalue weighted by Crippen LogP contribution is 2.31. The number of aliphatic imine (C=N–C) groups is 2. The zero-order valence-corrected chi connectivity index (χ0v) is 15.8. The molecule has 3 heteroatoms. The molecule has 0 atom stereocenters. The number of benzene rings is 2. The first-order valence-corrected chi connectivity index (χ1v) is 8.86. The molecule has 0 spiro atoms. The van der Waals surface area contributed by atoms with E-state index in [0.29, 0.717) is 0 Å². The summed E-state index contributed by atoms with van der Waals surface area (Å²) in [5.74, 6) is 0. The molecule has 26 heavy (non-hydrogen) atoms. The standard InChI is InChI=1S/C23H25N3/c1-17-9-5-7-11-21(17)24-15-18-13-14-19(26-18)16-25-22-12-8-6-10-20(22)23(2,3)4/h5-16,26H,1-4H3. The van der Waals surface area contributed by atoms with E-state index in [4.69, 9.17) is 0 Å². The topological polar surface area (TPSA) is 40.5 Å². The highest BCUT2D eigenvalue weighted by Gasteiger charge is 2.16. The molecule has 0 bridgehead atoms. The summed E-state index contributed by atoms with van der Waals surface area (Å²) in [5.41, 5.74) is 6.37. The summed E-state index contributed by atoms with van der Waals surface area (Å²) in [5, 5.41) is 0. The van der Waals surface area contributed by atoms with Crippen LogP contribution < -0.4 is 0 Å². The Labute approximate surface area is 155 Å². The van der Waals surface area contributed by atoms with Gasteiger partial charge in [-0.1, -0.05) is 57.2 Å². The lowest BCUT2D eigenvalue weighted by Crippen LogP contribution is -2.11. The summed E-state index contributed by atoms with van der Waals surface area (Å²) in [6.07, 6.45) is 3.72. The third kappa shape index (κ3) is 4.37. The zero-order chi connectivity index (χ0) is 18.6. The number of nitrogens with one attached hydrogen (secondary N) is 1. The first-order chi connectivity index (χ1) is 12.4. The van der Waals surface area contributed by atoms with Crippen molar-refractivity contribution in [3.63, 3.8) is 0 Å². The maximum atomic E-state index is 4.69. The molecule has 0 radical (unpaired) electrons. The van der Waals surface area contributed by atoms with Crippen LogP contribution in [0.15, 0.2) is 70.6 Å². The number of aromatic nitrogens is 1. The molecular weight excluding hydrogens is 318 g/mol. The number of para-hydroxylation sites is 2. The first kappa shape index (κ1) is 17.9. The molecule has 3 aromatic rings. The Balaban J connectivity index is 1.77. The van der Waals surface area contributed by atoms with E-state index in [1.165, 1.54) is 5.56 Å². The van der Waals surface area contributed by atoms with Crippen molar-refractivity contribution in [3.05, 3.63) is 83.2 Å². The van der Waals surface area contributed by atoms with Crippen LogP contribution in [0.4, 0.5) is 11.4 Å². The largest absolute Gasteiger partial charge is 0.353 e. The average Bonchev–Trinajstić information content (AvgIpc) is 3.07. The predicted octanol–water partition coefficient (Wildman–Crippen LogP) is 6.12. The highest BCUT2D eigenvalue weighted by molar-refractivity contribution is 5.85. The quantitative estimate of drug-likeness (QED) is 0.554. The Hall–Kier alpha value is -2.94. The molecule has 1 N–H and O–H groups in total. The molecule has 0 aliphatic rings. The number of nitrogens with zero attached hydrogens (tertiary/aromatic N) is 2. The number of aryl methyl sites for hydroxylation is 1. The van der Waals surface area contributed by atoms with Crippen LogP contribution in [0.5, 0.6) is 0 Å². The molecule has 0 fully saturated rings. The minimum absolute atomic E-state index is 0.0645. The second kappa shape index (κ2) is 7.52. The molecule has 1 aromatic heterocycles. The summed E-state index contributed by atoms with van der Waals surface area (Å²) in [6.45, 7) is 8.68. The number of hydrogen-bond donors (Lipinski definition) is 1. The second-order valence-electron chi connectivity index (χ2n) is 7.44. The van der Waals surface area contributed by atoms with Gasteiger partial charge >= 0.3 is 0 Å². The van der Waals surface area contributed by atoms with E-state index in [-0.39, 0.29) is 5.41 Å². The Morgan fingerprint density at radius 3 is 1.88 bits per heavy atom. The molecule has 0 saturated carbocycles. The summed E-state index contributed by atoms with van der Waals surface area (Å²) >= 11 is 0. The van der Waals surface area contributed by atoms with E-state index >= 15 is 0 Å². The molecule has 1 heterocycles. The average molecular weight is 343 g/mol. The monoisotopic (exact) mass is 343 g/mol. The van der Waals surface area contributed by atoms with Gasteiger partial charge in [0.1, 0.15) is 0 Å². The molecule has 0 aliphatic carbocycles. The predicted molar refractivity (Wildman–Crippen MR) is 112 cm³/mol. The van der Waals surface area contributed by atoms with E-state index in [2.05, 4.69) is 66.9 Å². The second-order valence-corrected chi connectivity index (χ2v) is 7.44. The molecule has 3 rings (SSSR count). The molecule has 0 unspecified atom stereocenters. The van der Waals surface area contributed by atoms with Crippen LogP contribution in [0.3, 0.4) is 0 Å². The van der Waals surface area contributed by atoms with Gasteiger partial charge in [0.2, 0.25) is 0 Å². The highest BCUT2D eigenvalue weighted by atomic mass is 14.8. The number of H-pyrrole nitrogens is 1. The van der Waals surface area contributed by atoms with E-state index in [0.717, 1.165) is 28.3 Å². The van der Waals surface area contributed by atoms with Crippen LogP contribution in [-0.2, 0) is 5.41 Å². The van der Waals surface area contributed by atoms with Crippen molar-refractivity contribution < 1.29 is 0 Å². The van der Waals surface area contributed by atoms with Crippen LogP contribution in [0, 0.1) is 6.92 Å². The maximum absolute atomic E-state index is 4.69. The van der Waals surface area contributed by atoms with E-state index in [1.54, 1.807) is 0 Å². The van der Waals surface area contributed by atoms with Gasteiger partial charge in [-0.2, -0.15) is 0 Å². The van der Waals surface area contributed by atoms with Crippen LogP contribution >= 0.6 is 0 Å². The smallest absolute Gasteiger partial charge is 0.0667 e. The van der Waals surface area contributed by atoms with Crippen molar-refractivity contribution in [2.45, 2.75) is 33.1 Å². The maximum Gasteiger partial charge on any atom is 0.0667 e. The Morgan fingerprint density at radius 1 is 0.731 bits per heavy atom. The lowest BCUT2D eigenvalue weighted by molar-refractivity contribution is 0.591. The van der Waals surface area contributed by atoms with Gasteiger partial charge < -0.3 is 4.98 Å². The van der Waals surface area contributed by atoms with Crippen molar-refractivity contribution in [2.75, 3.05) is 0 Å². The number of rotatable bonds is 4. The van der Waals surface area contributed by atoms with Crippen molar-refractivity contribution in [2.24, 2.45) is 9.98 Å². The normalized spacial score (nSPS) is 12.3. The van der Waals surface area contributed by atoms with Crippen molar-refractivity contribution in [3.8, 4) is 0 Å². The number of hydrogen-bond acceptors (Lipinski definition) is 2. The molecule has 132 valence electrons. The summed E-state index contributed by atoms with van der Waals surface area (Å²) in [4.78, 5) is 12.6. The molecule has 0 amide bonds. The SMILES string of the molecule is Cc1ccccc1N=Cc1ccc(C=Nc2ccccc2C(C)(C)C)[nH]1. The fraction of sp³-hybridized carbons (Fsp3) is 0.217. The third-order valence-electron chi connectivity index (χ3n) is 4.24. The molecule has 0 aliphatic heterocycles. The van der Waals surface area contributed by atoms with Crippen molar-refractivity contribution in [1.82, 2.24) is 4.98 Å². The van der Waals surface area contributed by atoms with Gasteiger partial charge in [0.15, 0.2) is 0 Å². The summed E-state index contributed by atoms with van der Waals surface area (Å²) in [6, 6.07) is 20.4. The van der Waals surface area contributed by atoms with Crippen LogP contribution in [0.25, 0.3) is 0 Å².